The van der Waals surface area contributed by atoms with Gasteiger partial charge in [0, 0.05) is 11.6 Å². The molecule has 0 radical (unpaired) electrons. The number of fused-ring (bicyclic) bond motifs is 1. The second kappa shape index (κ2) is 6.70. The molecule has 0 unspecified atom stereocenters. The summed E-state index contributed by atoms with van der Waals surface area (Å²) in [5.41, 5.74) is 0.530. The smallest absolute Gasteiger partial charge is 0.343 e. The molecule has 3 rings (SSSR count). The Hall–Kier alpha value is -2.63. The van der Waals surface area contributed by atoms with Gasteiger partial charge < -0.3 is 4.74 Å². The summed E-state index contributed by atoms with van der Waals surface area (Å²) in [5.74, 6) is -1.44. The first-order valence-corrected chi connectivity index (χ1v) is 7.96. The summed E-state index contributed by atoms with van der Waals surface area (Å²) >= 11 is 11.8. The number of hydrogen-bond donors (Lipinski definition) is 0. The molecule has 126 valence electrons. The molecule has 2 aromatic rings. The van der Waals surface area contributed by atoms with Crippen LogP contribution in [0.25, 0.3) is 0 Å². The van der Waals surface area contributed by atoms with Gasteiger partial charge in [-0.1, -0.05) is 29.3 Å². The maximum Gasteiger partial charge on any atom is 0.343 e. The van der Waals surface area contributed by atoms with Crippen LogP contribution in [0.5, 0.6) is 5.75 Å². The number of imide groups is 1. The standard InChI is InChI=1S/C18H11Cl2NO4/c1-2-7-21-16(22)12-5-3-10(8-13(12)17(21)23)18(24)25-15-6-4-11(19)9-14(15)20/h2-6,8-9H,1,7H2. The number of ether oxygens (including phenoxy) is 1. The molecule has 2 aromatic carbocycles. The highest BCUT2D eigenvalue weighted by atomic mass is 35.5. The van der Waals surface area contributed by atoms with E-state index in [9.17, 15) is 14.4 Å². The number of benzene rings is 2. The molecular formula is C18H11Cl2NO4. The summed E-state index contributed by atoms with van der Waals surface area (Å²) in [6.45, 7) is 3.62. The zero-order valence-electron chi connectivity index (χ0n) is 12.8. The van der Waals surface area contributed by atoms with Crippen molar-refractivity contribution in [2.75, 3.05) is 6.54 Å². The van der Waals surface area contributed by atoms with Crippen LogP contribution in [0.4, 0.5) is 0 Å². The summed E-state index contributed by atoms with van der Waals surface area (Å²) in [4.78, 5) is 37.8. The summed E-state index contributed by atoms with van der Waals surface area (Å²) in [6, 6.07) is 8.64. The Bertz CT molecular complexity index is 923. The van der Waals surface area contributed by atoms with Gasteiger partial charge in [0.05, 0.1) is 21.7 Å². The second-order valence-corrected chi connectivity index (χ2v) is 6.08. The molecule has 0 saturated carbocycles. The molecule has 0 saturated heterocycles. The van der Waals surface area contributed by atoms with Crippen LogP contribution in [0.2, 0.25) is 10.0 Å². The number of halogens is 2. The highest BCUT2D eigenvalue weighted by molar-refractivity contribution is 6.35. The van der Waals surface area contributed by atoms with Crippen LogP contribution in [0, 0.1) is 0 Å². The number of nitrogens with zero attached hydrogens (tertiary/aromatic N) is 1. The van der Waals surface area contributed by atoms with Crippen LogP contribution < -0.4 is 4.74 Å². The molecule has 1 aliphatic rings. The third-order valence-electron chi connectivity index (χ3n) is 3.61. The SMILES string of the molecule is C=CCN1C(=O)c2ccc(C(=O)Oc3ccc(Cl)cc3Cl)cc2C1=O. The van der Waals surface area contributed by atoms with Gasteiger partial charge in [0.1, 0.15) is 5.75 Å². The number of esters is 1. The predicted octanol–water partition coefficient (Wildman–Crippen LogP) is 3.99. The van der Waals surface area contributed by atoms with E-state index in [0.29, 0.717) is 5.02 Å². The summed E-state index contributed by atoms with van der Waals surface area (Å²) in [6.07, 6.45) is 1.46. The van der Waals surface area contributed by atoms with Gasteiger partial charge >= 0.3 is 5.97 Å². The van der Waals surface area contributed by atoms with E-state index in [2.05, 4.69) is 6.58 Å². The van der Waals surface area contributed by atoms with Gasteiger partial charge in [-0.05, 0) is 36.4 Å². The Kier molecular flexibility index (Phi) is 4.61. The largest absolute Gasteiger partial charge is 0.421 e. The Morgan fingerprint density at radius 2 is 1.80 bits per heavy atom. The third kappa shape index (κ3) is 3.16. The highest BCUT2D eigenvalue weighted by Crippen LogP contribution is 2.29. The van der Waals surface area contributed by atoms with Crippen molar-refractivity contribution in [1.82, 2.24) is 4.90 Å². The topological polar surface area (TPSA) is 63.7 Å². The minimum atomic E-state index is -0.700. The Morgan fingerprint density at radius 1 is 1.08 bits per heavy atom. The van der Waals surface area contributed by atoms with Crippen molar-refractivity contribution in [3.63, 3.8) is 0 Å². The minimum absolute atomic E-state index is 0.104. The normalized spacial score (nSPS) is 13.0. The van der Waals surface area contributed by atoms with Crippen molar-refractivity contribution in [3.8, 4) is 5.75 Å². The van der Waals surface area contributed by atoms with Gasteiger partial charge in [0.25, 0.3) is 11.8 Å². The van der Waals surface area contributed by atoms with Crippen molar-refractivity contribution in [3.05, 3.63) is 75.8 Å². The van der Waals surface area contributed by atoms with E-state index in [1.807, 2.05) is 0 Å². The van der Waals surface area contributed by atoms with E-state index in [1.165, 1.54) is 42.5 Å². The van der Waals surface area contributed by atoms with Crippen molar-refractivity contribution in [2.24, 2.45) is 0 Å². The zero-order chi connectivity index (χ0) is 18.1. The first kappa shape index (κ1) is 17.2. The molecule has 0 fully saturated rings. The van der Waals surface area contributed by atoms with Gasteiger partial charge in [-0.15, -0.1) is 6.58 Å². The van der Waals surface area contributed by atoms with Crippen molar-refractivity contribution >= 4 is 41.0 Å². The van der Waals surface area contributed by atoms with E-state index in [0.717, 1.165) is 4.90 Å². The molecule has 0 bridgehead atoms. The highest BCUT2D eigenvalue weighted by Gasteiger charge is 2.35. The molecule has 0 aliphatic carbocycles. The van der Waals surface area contributed by atoms with Gasteiger partial charge in [-0.2, -0.15) is 0 Å². The van der Waals surface area contributed by atoms with E-state index in [4.69, 9.17) is 27.9 Å². The van der Waals surface area contributed by atoms with Crippen LogP contribution in [0.15, 0.2) is 49.1 Å². The van der Waals surface area contributed by atoms with Crippen LogP contribution in [-0.4, -0.2) is 29.2 Å². The van der Waals surface area contributed by atoms with Crippen molar-refractivity contribution in [2.45, 2.75) is 0 Å². The summed E-state index contributed by atoms with van der Waals surface area (Å²) in [7, 11) is 0. The molecule has 0 N–H and O–H groups in total. The Labute approximate surface area is 153 Å². The number of carbonyl (C=O) groups is 3. The summed E-state index contributed by atoms with van der Waals surface area (Å²) < 4.78 is 5.23. The van der Waals surface area contributed by atoms with Crippen molar-refractivity contribution in [1.29, 1.82) is 0 Å². The molecule has 2 amide bonds. The van der Waals surface area contributed by atoms with E-state index in [1.54, 1.807) is 0 Å². The lowest BCUT2D eigenvalue weighted by Crippen LogP contribution is -2.29. The van der Waals surface area contributed by atoms with Gasteiger partial charge in [-0.3, -0.25) is 14.5 Å². The maximum absolute atomic E-state index is 12.3. The molecule has 7 heteroatoms. The van der Waals surface area contributed by atoms with Crippen LogP contribution in [-0.2, 0) is 0 Å². The number of rotatable bonds is 4. The Balaban J connectivity index is 1.88. The fourth-order valence-corrected chi connectivity index (χ4v) is 2.88. The van der Waals surface area contributed by atoms with Gasteiger partial charge in [0.2, 0.25) is 0 Å². The van der Waals surface area contributed by atoms with E-state index < -0.39 is 17.8 Å². The molecule has 0 spiro atoms. The van der Waals surface area contributed by atoms with Gasteiger partial charge in [0.15, 0.2) is 0 Å². The number of carbonyl (C=O) groups excluding carboxylic acids is 3. The maximum atomic E-state index is 12.3. The second-order valence-electron chi connectivity index (χ2n) is 5.23. The summed E-state index contributed by atoms with van der Waals surface area (Å²) in [5, 5.41) is 0.596. The molecular weight excluding hydrogens is 365 g/mol. The molecule has 25 heavy (non-hydrogen) atoms. The average molecular weight is 376 g/mol. The van der Waals surface area contributed by atoms with E-state index >= 15 is 0 Å². The Morgan fingerprint density at radius 3 is 2.48 bits per heavy atom. The first-order chi connectivity index (χ1) is 11.9. The molecule has 0 aromatic heterocycles. The lowest BCUT2D eigenvalue weighted by molar-refractivity contribution is 0.0671. The van der Waals surface area contributed by atoms with Gasteiger partial charge in [-0.25, -0.2) is 4.79 Å². The monoisotopic (exact) mass is 375 g/mol. The quantitative estimate of drug-likeness (QED) is 0.350. The van der Waals surface area contributed by atoms with E-state index in [-0.39, 0.29) is 34.0 Å². The number of hydrogen-bond acceptors (Lipinski definition) is 4. The lowest BCUT2D eigenvalue weighted by Gasteiger charge is -2.09. The molecule has 1 aliphatic heterocycles. The fraction of sp³-hybridized carbons (Fsp3) is 0.0556. The predicted molar refractivity (Wildman–Crippen MR) is 93.4 cm³/mol. The van der Waals surface area contributed by atoms with Crippen LogP contribution in [0.3, 0.4) is 0 Å². The average Bonchev–Trinajstić information content (AvgIpc) is 2.82. The molecule has 1 heterocycles. The third-order valence-corrected chi connectivity index (χ3v) is 4.15. The minimum Gasteiger partial charge on any atom is -0.421 e. The first-order valence-electron chi connectivity index (χ1n) is 7.20. The lowest BCUT2D eigenvalue weighted by atomic mass is 10.1. The molecule has 0 atom stereocenters. The van der Waals surface area contributed by atoms with Crippen LogP contribution >= 0.6 is 23.2 Å². The van der Waals surface area contributed by atoms with Crippen molar-refractivity contribution < 1.29 is 19.1 Å². The zero-order valence-corrected chi connectivity index (χ0v) is 14.3. The number of amides is 2. The van der Waals surface area contributed by atoms with Crippen LogP contribution in [0.1, 0.15) is 31.1 Å². The fourth-order valence-electron chi connectivity index (χ4n) is 2.43. The molecule has 5 nitrogen and oxygen atoms in total.